The second kappa shape index (κ2) is 6.02. The Morgan fingerprint density at radius 3 is 2.55 bits per heavy atom. The summed E-state index contributed by atoms with van der Waals surface area (Å²) in [5.41, 5.74) is 0.424. The molecule has 0 aliphatic carbocycles. The van der Waals surface area contributed by atoms with Crippen molar-refractivity contribution in [1.82, 2.24) is 0 Å². The first-order valence-corrected chi connectivity index (χ1v) is 7.63. The minimum absolute atomic E-state index is 0.00232. The molecule has 0 amide bonds. The van der Waals surface area contributed by atoms with Gasteiger partial charge in [0.25, 0.3) is 0 Å². The van der Waals surface area contributed by atoms with Crippen LogP contribution in [0.4, 0.5) is 0 Å². The fraction of sp³-hybridized carbons (Fsp3) is 0.214. The number of benzene rings is 2. The zero-order valence-electron chi connectivity index (χ0n) is 10.6. The molecule has 5 nitrogen and oxygen atoms in total. The Labute approximate surface area is 116 Å². The van der Waals surface area contributed by atoms with Gasteiger partial charge in [-0.15, -0.1) is 0 Å². The van der Waals surface area contributed by atoms with Crippen molar-refractivity contribution in [1.29, 1.82) is 0 Å². The normalized spacial score (nSPS) is 11.4. The van der Waals surface area contributed by atoms with Crippen molar-refractivity contribution in [2.24, 2.45) is 0 Å². The van der Waals surface area contributed by atoms with Crippen LogP contribution >= 0.6 is 0 Å². The van der Waals surface area contributed by atoms with Crippen molar-refractivity contribution in [3.63, 3.8) is 0 Å². The highest BCUT2D eigenvalue weighted by molar-refractivity contribution is 7.85. The van der Waals surface area contributed by atoms with Crippen LogP contribution in [-0.4, -0.2) is 31.3 Å². The molecule has 0 fully saturated rings. The van der Waals surface area contributed by atoms with Crippen LogP contribution in [0.1, 0.15) is 16.8 Å². The average molecular weight is 293 g/mol. The molecule has 2 aromatic rings. The molecule has 0 aliphatic heterocycles. The first kappa shape index (κ1) is 14.5. The van der Waals surface area contributed by atoms with E-state index in [1.807, 2.05) is 30.3 Å². The number of hydrogen-bond donors (Lipinski definition) is 0. The fourth-order valence-corrected chi connectivity index (χ4v) is 2.35. The van der Waals surface area contributed by atoms with Gasteiger partial charge in [0, 0.05) is 5.75 Å². The van der Waals surface area contributed by atoms with Gasteiger partial charge in [-0.05, 0) is 23.3 Å². The quantitative estimate of drug-likeness (QED) is 0.478. The summed E-state index contributed by atoms with van der Waals surface area (Å²) in [7, 11) is -4.26. The highest BCUT2D eigenvalue weighted by Gasteiger charge is 2.10. The molecule has 0 spiro atoms. The Kier molecular flexibility index (Phi) is 4.36. The van der Waals surface area contributed by atoms with Gasteiger partial charge in [0.1, 0.15) is 0 Å². The van der Waals surface area contributed by atoms with Gasteiger partial charge in [0.05, 0.1) is 22.3 Å². The fourth-order valence-electron chi connectivity index (χ4n) is 1.88. The molecule has 0 aromatic heterocycles. The van der Waals surface area contributed by atoms with Crippen LogP contribution in [-0.2, 0) is 14.9 Å². The molecule has 0 saturated heterocycles. The van der Waals surface area contributed by atoms with Crippen LogP contribution in [0.5, 0.6) is 0 Å². The van der Waals surface area contributed by atoms with Gasteiger partial charge in [-0.1, -0.05) is 36.4 Å². The summed E-state index contributed by atoms with van der Waals surface area (Å²) in [6.45, 7) is -0.0937. The molecule has 2 aromatic carbocycles. The predicted molar refractivity (Wildman–Crippen MR) is 73.4 cm³/mol. The number of carbonyl (C=O) groups is 1. The summed E-state index contributed by atoms with van der Waals surface area (Å²) in [4.78, 5) is 11.9. The highest BCUT2D eigenvalue weighted by atomic mass is 32.2. The third-order valence-electron chi connectivity index (χ3n) is 2.78. The molecule has 6 heteroatoms. The van der Waals surface area contributed by atoms with E-state index in [9.17, 15) is 17.8 Å². The largest absolute Gasteiger partial charge is 0.748 e. The van der Waals surface area contributed by atoms with E-state index in [1.165, 1.54) is 0 Å². The third-order valence-corrected chi connectivity index (χ3v) is 3.57. The summed E-state index contributed by atoms with van der Waals surface area (Å²) in [6, 6.07) is 12.7. The lowest BCUT2D eigenvalue weighted by atomic mass is 10.1. The third kappa shape index (κ3) is 3.79. The van der Waals surface area contributed by atoms with Gasteiger partial charge in [-0.2, -0.15) is 0 Å². The highest BCUT2D eigenvalue weighted by Crippen LogP contribution is 2.19. The molecular weight excluding hydrogens is 280 g/mol. The van der Waals surface area contributed by atoms with E-state index >= 15 is 0 Å². The molecule has 0 aliphatic rings. The summed E-state index contributed by atoms with van der Waals surface area (Å²) in [5, 5.41) is 1.69. The van der Waals surface area contributed by atoms with E-state index < -0.39 is 21.8 Å². The second-order valence-electron chi connectivity index (χ2n) is 4.28. The van der Waals surface area contributed by atoms with Crippen LogP contribution in [0.15, 0.2) is 42.5 Å². The monoisotopic (exact) mass is 293 g/mol. The molecule has 0 saturated carbocycles. The maximum absolute atomic E-state index is 11.9. The maximum atomic E-state index is 11.9. The molecule has 0 N–H and O–H groups in total. The van der Waals surface area contributed by atoms with Crippen LogP contribution < -0.4 is 0 Å². The molecule has 0 bridgehead atoms. The van der Waals surface area contributed by atoms with E-state index in [0.717, 1.165) is 10.8 Å². The van der Waals surface area contributed by atoms with Crippen LogP contribution in [0.25, 0.3) is 10.8 Å². The predicted octanol–water partition coefficient (Wildman–Crippen LogP) is 1.93. The van der Waals surface area contributed by atoms with Crippen LogP contribution in [0.2, 0.25) is 0 Å². The van der Waals surface area contributed by atoms with Crippen molar-refractivity contribution in [3.05, 3.63) is 48.0 Å². The van der Waals surface area contributed by atoms with Crippen molar-refractivity contribution in [2.45, 2.75) is 6.42 Å². The van der Waals surface area contributed by atoms with Gasteiger partial charge >= 0.3 is 5.97 Å². The van der Waals surface area contributed by atoms with Crippen molar-refractivity contribution < 1.29 is 22.5 Å². The summed E-state index contributed by atoms with van der Waals surface area (Å²) in [5.74, 6) is -1.05. The summed E-state index contributed by atoms with van der Waals surface area (Å²) in [6.07, 6.45) is 0.00232. The Hall–Kier alpha value is -1.92. The lowest BCUT2D eigenvalue weighted by molar-refractivity contribution is 0.0507. The topological polar surface area (TPSA) is 83.5 Å². The van der Waals surface area contributed by atoms with Gasteiger partial charge in [-0.3, -0.25) is 0 Å². The first-order chi connectivity index (χ1) is 9.47. The summed E-state index contributed by atoms with van der Waals surface area (Å²) >= 11 is 0. The maximum Gasteiger partial charge on any atom is 0.338 e. The molecule has 0 radical (unpaired) electrons. The van der Waals surface area contributed by atoms with E-state index in [-0.39, 0.29) is 13.0 Å². The number of ether oxygens (including phenoxy) is 1. The van der Waals surface area contributed by atoms with Gasteiger partial charge < -0.3 is 9.29 Å². The van der Waals surface area contributed by atoms with Crippen molar-refractivity contribution in [2.75, 3.05) is 12.4 Å². The molecule has 2 rings (SSSR count). The first-order valence-electron chi connectivity index (χ1n) is 6.06. The molecule has 0 atom stereocenters. The molecule has 20 heavy (non-hydrogen) atoms. The Morgan fingerprint density at radius 2 is 1.80 bits per heavy atom. The van der Waals surface area contributed by atoms with E-state index in [0.29, 0.717) is 5.56 Å². The van der Waals surface area contributed by atoms with Crippen molar-refractivity contribution in [3.8, 4) is 0 Å². The second-order valence-corrected chi connectivity index (χ2v) is 5.80. The number of rotatable bonds is 5. The smallest absolute Gasteiger partial charge is 0.338 e. The van der Waals surface area contributed by atoms with Gasteiger partial charge in [-0.25, -0.2) is 13.2 Å². The number of hydrogen-bond acceptors (Lipinski definition) is 5. The van der Waals surface area contributed by atoms with Gasteiger partial charge in [0.2, 0.25) is 0 Å². The molecular formula is C14H13O5S-. The van der Waals surface area contributed by atoms with Crippen LogP contribution in [0.3, 0.4) is 0 Å². The lowest BCUT2D eigenvalue weighted by Crippen LogP contribution is -2.11. The SMILES string of the molecule is O=C(OCCCS(=O)(=O)[O-])c1cccc2ccccc12. The van der Waals surface area contributed by atoms with Crippen molar-refractivity contribution >= 4 is 26.9 Å². The molecule has 0 unspecified atom stereocenters. The number of fused-ring (bicyclic) bond motifs is 1. The van der Waals surface area contributed by atoms with Crippen LogP contribution in [0, 0.1) is 0 Å². The minimum atomic E-state index is -4.26. The average Bonchev–Trinajstić information content (AvgIpc) is 2.41. The Morgan fingerprint density at radius 1 is 1.10 bits per heavy atom. The van der Waals surface area contributed by atoms with Gasteiger partial charge in [0.15, 0.2) is 0 Å². The van der Waals surface area contributed by atoms with E-state index in [2.05, 4.69) is 0 Å². The zero-order chi connectivity index (χ0) is 14.6. The van der Waals surface area contributed by atoms with E-state index in [4.69, 9.17) is 4.74 Å². The minimum Gasteiger partial charge on any atom is -0.748 e. The Balaban J connectivity index is 2.05. The standard InChI is InChI=1S/C14H14O5S/c15-14(19-9-4-10-20(16,17)18)13-8-3-6-11-5-1-2-7-12(11)13/h1-3,5-8H,4,9-10H2,(H,16,17,18)/p-1. The lowest BCUT2D eigenvalue weighted by Gasteiger charge is -2.09. The summed E-state index contributed by atoms with van der Waals surface area (Å²) < 4.78 is 36.3. The molecule has 0 heterocycles. The van der Waals surface area contributed by atoms with E-state index in [1.54, 1.807) is 12.1 Å². The number of carbonyl (C=O) groups excluding carboxylic acids is 1. The number of esters is 1. The molecule has 106 valence electrons. The zero-order valence-corrected chi connectivity index (χ0v) is 11.4. The Bertz CT molecular complexity index is 716.